The molecule has 6 heteroatoms. The molecule has 0 atom stereocenters. The van der Waals surface area contributed by atoms with Crippen molar-refractivity contribution in [1.29, 1.82) is 0 Å². The Morgan fingerprint density at radius 1 is 0.846 bits per heavy atom. The first-order valence-corrected chi connectivity index (χ1v) is 9.51. The van der Waals surface area contributed by atoms with Crippen molar-refractivity contribution in [2.45, 2.75) is 32.1 Å². The molecule has 0 radical (unpaired) electrons. The van der Waals surface area contributed by atoms with E-state index in [0.29, 0.717) is 25.2 Å². The molecule has 1 saturated heterocycles. The maximum Gasteiger partial charge on any atom is 0.253 e. The van der Waals surface area contributed by atoms with Crippen LogP contribution in [0.25, 0.3) is 11.0 Å². The Morgan fingerprint density at radius 3 is 2.35 bits per heavy atom. The van der Waals surface area contributed by atoms with Gasteiger partial charge in [0.25, 0.3) is 5.91 Å². The van der Waals surface area contributed by atoms with Crippen molar-refractivity contribution in [2.24, 2.45) is 5.92 Å². The lowest BCUT2D eigenvalue weighted by Gasteiger charge is -2.24. The lowest BCUT2D eigenvalue weighted by molar-refractivity contribution is -0.135. The zero-order valence-electron chi connectivity index (χ0n) is 14.9. The van der Waals surface area contributed by atoms with Gasteiger partial charge < -0.3 is 9.80 Å². The number of hydrogen-bond acceptors (Lipinski definition) is 4. The van der Waals surface area contributed by atoms with Gasteiger partial charge in [-0.2, -0.15) is 0 Å². The zero-order valence-corrected chi connectivity index (χ0v) is 14.9. The molecule has 2 aliphatic rings. The van der Waals surface area contributed by atoms with Crippen LogP contribution < -0.4 is 0 Å². The van der Waals surface area contributed by atoms with Gasteiger partial charge in [-0.1, -0.05) is 12.8 Å². The molecule has 136 valence electrons. The molecule has 26 heavy (non-hydrogen) atoms. The van der Waals surface area contributed by atoms with E-state index >= 15 is 0 Å². The van der Waals surface area contributed by atoms with Crippen molar-refractivity contribution in [3.63, 3.8) is 0 Å². The van der Waals surface area contributed by atoms with E-state index in [1.54, 1.807) is 18.5 Å². The van der Waals surface area contributed by atoms with Gasteiger partial charge in [0.1, 0.15) is 0 Å². The average Bonchev–Trinajstić information content (AvgIpc) is 3.11. The minimum absolute atomic E-state index is 0.00715. The first-order chi connectivity index (χ1) is 12.7. The highest BCUT2D eigenvalue weighted by atomic mass is 16.2. The summed E-state index contributed by atoms with van der Waals surface area (Å²) in [5, 5.41) is 0. The van der Waals surface area contributed by atoms with E-state index in [1.807, 2.05) is 21.9 Å². The largest absolute Gasteiger partial charge is 0.341 e. The van der Waals surface area contributed by atoms with Crippen LogP contribution >= 0.6 is 0 Å². The Balaban J connectivity index is 1.44. The smallest absolute Gasteiger partial charge is 0.253 e. The minimum atomic E-state index is 0.00715. The summed E-state index contributed by atoms with van der Waals surface area (Å²) in [5.41, 5.74) is 2.15. The van der Waals surface area contributed by atoms with Crippen molar-refractivity contribution < 1.29 is 9.59 Å². The molecule has 2 amide bonds. The Hall–Kier alpha value is -2.50. The predicted molar refractivity (Wildman–Crippen MR) is 98.6 cm³/mol. The number of benzene rings is 1. The van der Waals surface area contributed by atoms with E-state index < -0.39 is 0 Å². The Bertz CT molecular complexity index is 816. The van der Waals surface area contributed by atoms with E-state index in [0.717, 1.165) is 36.8 Å². The van der Waals surface area contributed by atoms with Crippen LogP contribution in [-0.4, -0.2) is 57.8 Å². The predicted octanol–water partition coefficient (Wildman–Crippen LogP) is 2.49. The normalized spacial score (nSPS) is 18.9. The van der Waals surface area contributed by atoms with E-state index in [-0.39, 0.29) is 17.7 Å². The molecule has 1 saturated carbocycles. The fourth-order valence-corrected chi connectivity index (χ4v) is 4.05. The molecule has 2 heterocycles. The zero-order chi connectivity index (χ0) is 17.9. The Kier molecular flexibility index (Phi) is 4.82. The third kappa shape index (κ3) is 3.41. The highest BCUT2D eigenvalue weighted by Crippen LogP contribution is 2.27. The van der Waals surface area contributed by atoms with E-state index in [9.17, 15) is 9.59 Å². The van der Waals surface area contributed by atoms with Gasteiger partial charge >= 0.3 is 0 Å². The average molecular weight is 352 g/mol. The first kappa shape index (κ1) is 16.9. The summed E-state index contributed by atoms with van der Waals surface area (Å²) in [6.07, 6.45) is 8.49. The highest BCUT2D eigenvalue weighted by molar-refractivity contribution is 5.97. The van der Waals surface area contributed by atoms with Gasteiger partial charge in [0, 0.05) is 50.1 Å². The summed E-state index contributed by atoms with van der Waals surface area (Å²) < 4.78 is 0. The molecule has 0 bridgehead atoms. The van der Waals surface area contributed by atoms with Crippen LogP contribution in [0.1, 0.15) is 42.5 Å². The van der Waals surface area contributed by atoms with Crippen LogP contribution in [0.3, 0.4) is 0 Å². The van der Waals surface area contributed by atoms with Gasteiger partial charge in [-0.3, -0.25) is 19.6 Å². The monoisotopic (exact) mass is 352 g/mol. The summed E-state index contributed by atoms with van der Waals surface area (Å²) in [7, 11) is 0. The number of carbonyl (C=O) groups is 2. The number of rotatable bonds is 2. The fraction of sp³-hybridized carbons (Fsp3) is 0.500. The molecule has 6 nitrogen and oxygen atoms in total. The van der Waals surface area contributed by atoms with Crippen LogP contribution in [0.4, 0.5) is 0 Å². The van der Waals surface area contributed by atoms with Gasteiger partial charge in [0.15, 0.2) is 0 Å². The second kappa shape index (κ2) is 7.40. The summed E-state index contributed by atoms with van der Waals surface area (Å²) in [6.45, 7) is 2.67. The number of carbonyl (C=O) groups excluding carboxylic acids is 2. The fourth-order valence-electron chi connectivity index (χ4n) is 4.05. The summed E-state index contributed by atoms with van der Waals surface area (Å²) in [5.74, 6) is 0.502. The number of nitrogens with zero attached hydrogens (tertiary/aromatic N) is 4. The lowest BCUT2D eigenvalue weighted by Crippen LogP contribution is -2.39. The molecule has 2 aromatic rings. The molecule has 1 aromatic carbocycles. The number of hydrogen-bond donors (Lipinski definition) is 0. The van der Waals surface area contributed by atoms with Crippen molar-refractivity contribution in [3.8, 4) is 0 Å². The molecular weight excluding hydrogens is 328 g/mol. The molecule has 0 spiro atoms. The maximum atomic E-state index is 12.9. The van der Waals surface area contributed by atoms with Crippen LogP contribution in [0.5, 0.6) is 0 Å². The maximum absolute atomic E-state index is 12.9. The van der Waals surface area contributed by atoms with Crippen molar-refractivity contribution in [3.05, 3.63) is 36.2 Å². The summed E-state index contributed by atoms with van der Waals surface area (Å²) in [4.78, 5) is 37.9. The molecule has 1 aliphatic heterocycles. The first-order valence-electron chi connectivity index (χ1n) is 9.51. The van der Waals surface area contributed by atoms with Crippen LogP contribution in [0.2, 0.25) is 0 Å². The summed E-state index contributed by atoms with van der Waals surface area (Å²) >= 11 is 0. The van der Waals surface area contributed by atoms with Gasteiger partial charge in [-0.15, -0.1) is 0 Å². The van der Waals surface area contributed by atoms with Gasteiger partial charge in [0.05, 0.1) is 11.0 Å². The van der Waals surface area contributed by atoms with E-state index in [4.69, 9.17) is 0 Å². The number of fused-ring (bicyclic) bond motifs is 1. The molecule has 0 unspecified atom stereocenters. The van der Waals surface area contributed by atoms with Gasteiger partial charge in [-0.25, -0.2) is 0 Å². The third-order valence-electron chi connectivity index (χ3n) is 5.52. The standard InChI is InChI=1S/C20H24N4O2/c25-19(15-4-1-2-5-15)23-10-3-11-24(13-12-23)20(26)16-6-7-17-18(14-16)22-9-8-21-17/h6-9,14-15H,1-5,10-13H2. The van der Waals surface area contributed by atoms with E-state index in [1.165, 1.54) is 12.8 Å². The van der Waals surface area contributed by atoms with Crippen LogP contribution in [-0.2, 0) is 4.79 Å². The van der Waals surface area contributed by atoms with Gasteiger partial charge in [0.2, 0.25) is 5.91 Å². The number of aromatic nitrogens is 2. The van der Waals surface area contributed by atoms with Crippen molar-refractivity contribution >= 4 is 22.8 Å². The molecule has 1 aliphatic carbocycles. The topological polar surface area (TPSA) is 66.4 Å². The Labute approximate surface area is 153 Å². The van der Waals surface area contributed by atoms with E-state index in [2.05, 4.69) is 9.97 Å². The summed E-state index contributed by atoms with van der Waals surface area (Å²) in [6, 6.07) is 5.45. The van der Waals surface area contributed by atoms with Crippen molar-refractivity contribution in [1.82, 2.24) is 19.8 Å². The lowest BCUT2D eigenvalue weighted by atomic mass is 10.1. The molecule has 4 rings (SSSR count). The SMILES string of the molecule is O=C(c1ccc2nccnc2c1)N1CCCN(C(=O)C2CCCC2)CC1. The van der Waals surface area contributed by atoms with Crippen LogP contribution in [0, 0.1) is 5.92 Å². The second-order valence-electron chi connectivity index (χ2n) is 7.21. The number of amides is 2. The highest BCUT2D eigenvalue weighted by Gasteiger charge is 2.29. The molecule has 2 fully saturated rings. The molecular formula is C20H24N4O2. The third-order valence-corrected chi connectivity index (χ3v) is 5.52. The van der Waals surface area contributed by atoms with Gasteiger partial charge in [-0.05, 0) is 37.5 Å². The van der Waals surface area contributed by atoms with Crippen LogP contribution in [0.15, 0.2) is 30.6 Å². The quantitative estimate of drug-likeness (QED) is 0.833. The van der Waals surface area contributed by atoms with Crippen molar-refractivity contribution in [2.75, 3.05) is 26.2 Å². The minimum Gasteiger partial charge on any atom is -0.341 e. The second-order valence-corrected chi connectivity index (χ2v) is 7.21. The Morgan fingerprint density at radius 2 is 1.54 bits per heavy atom. The molecule has 0 N–H and O–H groups in total. The molecule has 1 aromatic heterocycles.